The Kier molecular flexibility index (Phi) is 8.66. The zero-order valence-electron chi connectivity index (χ0n) is 20.6. The average molecular weight is 521 g/mol. The van der Waals surface area contributed by atoms with Crippen molar-refractivity contribution in [3.8, 4) is 17.2 Å². The average Bonchev–Trinajstić information content (AvgIpc) is 2.87. The first-order valence-corrected chi connectivity index (χ1v) is 11.2. The van der Waals surface area contributed by atoms with Crippen LogP contribution < -0.4 is 20.2 Å². The van der Waals surface area contributed by atoms with Gasteiger partial charge in [-0.2, -0.15) is 5.10 Å². The van der Waals surface area contributed by atoms with Crippen LogP contribution in [0.2, 0.25) is 0 Å². The number of amides is 2. The number of hydrazone groups is 1. The second-order valence-corrected chi connectivity index (χ2v) is 7.88. The van der Waals surface area contributed by atoms with Crippen LogP contribution in [0.4, 0.5) is 17.1 Å². The highest BCUT2D eigenvalue weighted by atomic mass is 16.6. The number of nitrogens with zero attached hydrogens (tertiary/aromatic N) is 3. The molecule has 0 bridgehead atoms. The summed E-state index contributed by atoms with van der Waals surface area (Å²) < 4.78 is 11.2. The van der Waals surface area contributed by atoms with E-state index in [0.29, 0.717) is 11.3 Å². The van der Waals surface area contributed by atoms with Gasteiger partial charge < -0.3 is 14.8 Å². The van der Waals surface area contributed by atoms with E-state index in [-0.39, 0.29) is 23.9 Å². The molecular weight excluding hydrogens is 498 g/mol. The second-order valence-electron chi connectivity index (χ2n) is 7.88. The molecule has 2 amide bonds. The van der Waals surface area contributed by atoms with Crippen molar-refractivity contribution in [3.63, 3.8) is 0 Å². The number of benzene rings is 3. The maximum Gasteiger partial charge on any atom is 0.329 e. The van der Waals surface area contributed by atoms with E-state index in [2.05, 4.69) is 15.8 Å². The fourth-order valence-electron chi connectivity index (χ4n) is 3.27. The Bertz CT molecular complexity index is 1440. The smallest absolute Gasteiger partial charge is 0.329 e. The first-order chi connectivity index (χ1) is 18.1. The first kappa shape index (κ1) is 27.3. The summed E-state index contributed by atoms with van der Waals surface area (Å²) >= 11 is 0. The number of ether oxygens (including phenoxy) is 2. The molecule has 13 heteroatoms. The standard InChI is InChI=1S/C25H23N5O8/c1-4-37-23-12-17(14-26-28-25(32)24(31)27-19-8-5-15(2)11-16(19)3)6-9-22(23)38-21-10-7-18(29(33)34)13-20(21)30(35)36/h5-14H,4H2,1-3H3,(H,27,31)(H,28,32)/b26-14+. The van der Waals surface area contributed by atoms with Crippen LogP contribution in [0, 0.1) is 34.1 Å². The number of hydrogen-bond donors (Lipinski definition) is 2. The fourth-order valence-corrected chi connectivity index (χ4v) is 3.27. The molecule has 0 aromatic heterocycles. The van der Waals surface area contributed by atoms with Gasteiger partial charge in [0.2, 0.25) is 5.75 Å². The van der Waals surface area contributed by atoms with Crippen molar-refractivity contribution in [2.45, 2.75) is 20.8 Å². The van der Waals surface area contributed by atoms with Crippen molar-refractivity contribution < 1.29 is 28.9 Å². The van der Waals surface area contributed by atoms with E-state index >= 15 is 0 Å². The molecule has 38 heavy (non-hydrogen) atoms. The van der Waals surface area contributed by atoms with Crippen LogP contribution in [0.3, 0.4) is 0 Å². The summed E-state index contributed by atoms with van der Waals surface area (Å²) in [6.07, 6.45) is 1.27. The topological polar surface area (TPSA) is 175 Å². The van der Waals surface area contributed by atoms with Crippen molar-refractivity contribution in [1.29, 1.82) is 0 Å². The normalized spacial score (nSPS) is 10.6. The molecule has 3 aromatic carbocycles. The van der Waals surface area contributed by atoms with Gasteiger partial charge in [0.25, 0.3) is 5.69 Å². The summed E-state index contributed by atoms with van der Waals surface area (Å²) in [7, 11) is 0. The van der Waals surface area contributed by atoms with Gasteiger partial charge in [0.05, 0.1) is 28.7 Å². The largest absolute Gasteiger partial charge is 0.490 e. The predicted octanol–water partition coefficient (Wildman–Crippen LogP) is 4.40. The zero-order valence-corrected chi connectivity index (χ0v) is 20.6. The number of nitrogens with one attached hydrogen (secondary N) is 2. The lowest BCUT2D eigenvalue weighted by molar-refractivity contribution is -0.394. The minimum atomic E-state index is -0.975. The number of nitro benzene ring substituents is 2. The van der Waals surface area contributed by atoms with Crippen molar-refractivity contribution in [2.75, 3.05) is 11.9 Å². The third-order valence-corrected chi connectivity index (χ3v) is 5.05. The number of aryl methyl sites for hydroxylation is 2. The van der Waals surface area contributed by atoms with E-state index in [1.54, 1.807) is 13.0 Å². The number of carbonyl (C=O) groups excluding carboxylic acids is 2. The molecule has 0 saturated carbocycles. The Morgan fingerprint density at radius 2 is 1.66 bits per heavy atom. The summed E-state index contributed by atoms with van der Waals surface area (Å²) in [5.74, 6) is -1.78. The molecule has 0 unspecified atom stereocenters. The van der Waals surface area contributed by atoms with Crippen LogP contribution in [0.15, 0.2) is 59.7 Å². The van der Waals surface area contributed by atoms with Gasteiger partial charge in [-0.1, -0.05) is 17.7 Å². The van der Waals surface area contributed by atoms with Crippen molar-refractivity contribution in [3.05, 3.63) is 91.5 Å². The van der Waals surface area contributed by atoms with E-state index in [1.807, 2.05) is 26.0 Å². The van der Waals surface area contributed by atoms with Crippen LogP contribution in [-0.2, 0) is 9.59 Å². The predicted molar refractivity (Wildman–Crippen MR) is 138 cm³/mol. The SMILES string of the molecule is CCOc1cc(/C=N/NC(=O)C(=O)Nc2ccc(C)cc2C)ccc1Oc1ccc([N+](=O)[O-])cc1[N+](=O)[O-]. The molecule has 3 aromatic rings. The van der Waals surface area contributed by atoms with Gasteiger partial charge in [-0.15, -0.1) is 0 Å². The monoisotopic (exact) mass is 521 g/mol. The Labute approximate surface area is 216 Å². The molecule has 0 aliphatic carbocycles. The maximum atomic E-state index is 12.2. The van der Waals surface area contributed by atoms with Crippen LogP contribution in [-0.4, -0.2) is 34.5 Å². The summed E-state index contributed by atoms with van der Waals surface area (Å²) in [6.45, 7) is 5.67. The lowest BCUT2D eigenvalue weighted by Crippen LogP contribution is -2.32. The van der Waals surface area contributed by atoms with E-state index < -0.39 is 33.0 Å². The van der Waals surface area contributed by atoms with E-state index in [1.165, 1.54) is 24.4 Å². The van der Waals surface area contributed by atoms with Crippen LogP contribution in [0.5, 0.6) is 17.2 Å². The Morgan fingerprint density at radius 3 is 2.32 bits per heavy atom. The van der Waals surface area contributed by atoms with Gasteiger partial charge in [0.15, 0.2) is 11.5 Å². The summed E-state index contributed by atoms with van der Waals surface area (Å²) in [6, 6.07) is 12.9. The highest BCUT2D eigenvalue weighted by Gasteiger charge is 2.22. The van der Waals surface area contributed by atoms with Gasteiger partial charge >= 0.3 is 17.5 Å². The van der Waals surface area contributed by atoms with Crippen molar-refractivity contribution in [1.82, 2.24) is 5.43 Å². The molecule has 0 saturated heterocycles. The summed E-state index contributed by atoms with van der Waals surface area (Å²) in [5, 5.41) is 28.7. The quantitative estimate of drug-likeness (QED) is 0.180. The van der Waals surface area contributed by atoms with Crippen LogP contribution in [0.25, 0.3) is 0 Å². The van der Waals surface area contributed by atoms with Gasteiger partial charge in [-0.3, -0.25) is 29.8 Å². The number of anilines is 1. The third-order valence-electron chi connectivity index (χ3n) is 5.05. The first-order valence-electron chi connectivity index (χ1n) is 11.2. The van der Waals surface area contributed by atoms with Gasteiger partial charge in [-0.05, 0) is 62.2 Å². The molecule has 196 valence electrons. The number of hydrogen-bond acceptors (Lipinski definition) is 9. The number of non-ortho nitro benzene ring substituents is 1. The molecule has 0 heterocycles. The van der Waals surface area contributed by atoms with E-state index in [9.17, 15) is 29.8 Å². The van der Waals surface area contributed by atoms with Crippen LogP contribution in [0.1, 0.15) is 23.6 Å². The molecule has 2 N–H and O–H groups in total. The maximum absolute atomic E-state index is 12.2. The lowest BCUT2D eigenvalue weighted by Gasteiger charge is -2.12. The third kappa shape index (κ3) is 6.87. The molecule has 0 atom stereocenters. The highest BCUT2D eigenvalue weighted by Crippen LogP contribution is 2.38. The van der Waals surface area contributed by atoms with Crippen molar-refractivity contribution >= 4 is 35.1 Å². The van der Waals surface area contributed by atoms with Gasteiger partial charge in [0, 0.05) is 11.8 Å². The summed E-state index contributed by atoms with van der Waals surface area (Å²) in [4.78, 5) is 45.1. The van der Waals surface area contributed by atoms with Crippen molar-refractivity contribution in [2.24, 2.45) is 5.10 Å². The minimum Gasteiger partial charge on any atom is -0.490 e. The number of carbonyl (C=O) groups is 2. The van der Waals surface area contributed by atoms with Gasteiger partial charge in [-0.25, -0.2) is 5.43 Å². The molecule has 0 spiro atoms. The Morgan fingerprint density at radius 1 is 0.921 bits per heavy atom. The lowest BCUT2D eigenvalue weighted by atomic mass is 10.1. The van der Waals surface area contributed by atoms with E-state index in [0.717, 1.165) is 29.3 Å². The highest BCUT2D eigenvalue weighted by molar-refractivity contribution is 6.39. The summed E-state index contributed by atoms with van der Waals surface area (Å²) in [5.41, 5.74) is 3.88. The molecule has 0 aliphatic heterocycles. The second kappa shape index (κ2) is 12.1. The minimum absolute atomic E-state index is 0.109. The molecule has 13 nitrogen and oxygen atoms in total. The fraction of sp³-hybridized carbons (Fsp3) is 0.160. The number of nitro groups is 2. The molecule has 3 rings (SSSR count). The van der Waals surface area contributed by atoms with Crippen LogP contribution >= 0.6 is 0 Å². The zero-order chi connectivity index (χ0) is 27.8. The van der Waals surface area contributed by atoms with E-state index in [4.69, 9.17) is 9.47 Å². The molecule has 0 fully saturated rings. The molecule has 0 aliphatic rings. The Hall–Kier alpha value is -5.33. The molecule has 0 radical (unpaired) electrons. The number of rotatable bonds is 9. The Balaban J connectivity index is 1.72. The van der Waals surface area contributed by atoms with Gasteiger partial charge in [0.1, 0.15) is 0 Å². The molecular formula is C25H23N5O8.